The van der Waals surface area contributed by atoms with Gasteiger partial charge in [0.05, 0.1) is 6.54 Å². The van der Waals surface area contributed by atoms with Crippen LogP contribution in [0.2, 0.25) is 0 Å². The van der Waals surface area contributed by atoms with Crippen LogP contribution in [0.3, 0.4) is 0 Å². The summed E-state index contributed by atoms with van der Waals surface area (Å²) in [5, 5.41) is 0. The second-order valence-electron chi connectivity index (χ2n) is 4.14. The molecule has 0 saturated heterocycles. The smallest absolute Gasteiger partial charge is 0.276 e. The molecule has 1 amide bonds. The zero-order valence-corrected chi connectivity index (χ0v) is 11.2. The van der Waals surface area contributed by atoms with Gasteiger partial charge in [0.1, 0.15) is 5.69 Å². The van der Waals surface area contributed by atoms with E-state index in [9.17, 15) is 4.79 Å². The average molecular weight is 265 g/mol. The number of hydrogen-bond acceptors (Lipinski definition) is 3. The molecule has 0 fully saturated rings. The van der Waals surface area contributed by atoms with E-state index < -0.39 is 0 Å². The number of hydrogen-bond donors (Lipinski definition) is 1. The van der Waals surface area contributed by atoms with Crippen LogP contribution in [0.25, 0.3) is 0 Å². The average Bonchev–Trinajstić information content (AvgIpc) is 2.53. The lowest BCUT2D eigenvalue weighted by Crippen LogP contribution is -2.26. The normalized spacial score (nSPS) is 9.50. The highest BCUT2D eigenvalue weighted by Crippen LogP contribution is 2.13. The number of aromatic nitrogens is 1. The lowest BCUT2D eigenvalue weighted by molar-refractivity contribution is 0.0988. The number of rotatable bonds is 2. The molecule has 0 aliphatic carbocycles. The van der Waals surface area contributed by atoms with Gasteiger partial charge >= 0.3 is 0 Å². The molecule has 20 heavy (non-hydrogen) atoms. The number of nitrogens with zero attached hydrogens (tertiary/aromatic N) is 2. The van der Waals surface area contributed by atoms with Crippen LogP contribution >= 0.6 is 0 Å². The van der Waals surface area contributed by atoms with Crippen LogP contribution in [-0.2, 0) is 0 Å². The number of carbonyl (C=O) groups excluding carboxylic acids is 1. The van der Waals surface area contributed by atoms with E-state index in [0.29, 0.717) is 12.2 Å². The van der Waals surface area contributed by atoms with Gasteiger partial charge in [-0.1, -0.05) is 30.0 Å². The monoisotopic (exact) mass is 265 g/mol. The van der Waals surface area contributed by atoms with E-state index in [4.69, 9.17) is 5.73 Å². The van der Waals surface area contributed by atoms with E-state index in [0.717, 1.165) is 11.3 Å². The Bertz CT molecular complexity index is 639. The van der Waals surface area contributed by atoms with E-state index in [1.54, 1.807) is 30.3 Å². The van der Waals surface area contributed by atoms with Gasteiger partial charge < -0.3 is 10.6 Å². The van der Waals surface area contributed by atoms with E-state index >= 15 is 0 Å². The molecule has 1 heterocycles. The molecule has 2 aromatic rings. The van der Waals surface area contributed by atoms with Gasteiger partial charge in [0.2, 0.25) is 0 Å². The van der Waals surface area contributed by atoms with E-state index in [1.807, 2.05) is 30.3 Å². The quantitative estimate of drug-likeness (QED) is 0.840. The molecule has 4 heteroatoms. The van der Waals surface area contributed by atoms with Crippen molar-refractivity contribution in [3.63, 3.8) is 0 Å². The molecular weight excluding hydrogens is 250 g/mol. The van der Waals surface area contributed by atoms with E-state index in [1.165, 1.54) is 0 Å². The van der Waals surface area contributed by atoms with Crippen LogP contribution in [0.15, 0.2) is 48.7 Å². The fourth-order valence-corrected chi connectivity index (χ4v) is 1.69. The third-order valence-electron chi connectivity index (χ3n) is 2.77. The molecule has 0 radical (unpaired) electrons. The first-order chi connectivity index (χ1) is 9.72. The largest absolute Gasteiger partial charge is 0.320 e. The number of amides is 1. The van der Waals surface area contributed by atoms with Crippen LogP contribution in [-0.4, -0.2) is 24.5 Å². The van der Waals surface area contributed by atoms with Gasteiger partial charge in [0.25, 0.3) is 5.91 Å². The van der Waals surface area contributed by atoms with Gasteiger partial charge in [-0.05, 0) is 24.3 Å². The maximum Gasteiger partial charge on any atom is 0.276 e. The summed E-state index contributed by atoms with van der Waals surface area (Å²) >= 11 is 0. The van der Waals surface area contributed by atoms with Crippen LogP contribution in [0.1, 0.15) is 16.1 Å². The van der Waals surface area contributed by atoms with Gasteiger partial charge in [-0.25, -0.2) is 4.98 Å². The number of benzene rings is 1. The molecule has 2 N–H and O–H groups in total. The predicted molar refractivity (Wildman–Crippen MR) is 79.3 cm³/mol. The molecule has 0 bridgehead atoms. The summed E-state index contributed by atoms with van der Waals surface area (Å²) in [6.07, 6.45) is 1.58. The molecule has 0 unspecified atom stereocenters. The zero-order valence-electron chi connectivity index (χ0n) is 11.2. The fraction of sp³-hybridized carbons (Fsp3) is 0.125. The molecule has 0 aliphatic heterocycles. The summed E-state index contributed by atoms with van der Waals surface area (Å²) in [5.41, 5.74) is 7.26. The van der Waals surface area contributed by atoms with Gasteiger partial charge in [-0.2, -0.15) is 0 Å². The lowest BCUT2D eigenvalue weighted by atomic mass is 10.2. The van der Waals surface area contributed by atoms with Crippen molar-refractivity contribution in [2.45, 2.75) is 0 Å². The highest BCUT2D eigenvalue weighted by Gasteiger charge is 2.14. The summed E-state index contributed by atoms with van der Waals surface area (Å²) in [5.74, 6) is 5.46. The second-order valence-corrected chi connectivity index (χ2v) is 4.14. The van der Waals surface area contributed by atoms with E-state index in [2.05, 4.69) is 16.8 Å². The highest BCUT2D eigenvalue weighted by molar-refractivity contribution is 6.04. The number of pyridine rings is 1. The summed E-state index contributed by atoms with van der Waals surface area (Å²) in [7, 11) is 1.72. The SMILES string of the molecule is CN(C(=O)c1ccc(C#CCN)cn1)c1ccccc1. The Kier molecular flexibility index (Phi) is 4.48. The minimum atomic E-state index is -0.158. The first kappa shape index (κ1) is 13.8. The van der Waals surface area contributed by atoms with Crippen LogP contribution in [0.5, 0.6) is 0 Å². The summed E-state index contributed by atoms with van der Waals surface area (Å²) in [4.78, 5) is 18.0. The van der Waals surface area contributed by atoms with Gasteiger partial charge in [0.15, 0.2) is 0 Å². The number of para-hydroxylation sites is 1. The van der Waals surface area contributed by atoms with Crippen LogP contribution in [0, 0.1) is 11.8 Å². The summed E-state index contributed by atoms with van der Waals surface area (Å²) < 4.78 is 0. The molecule has 1 aromatic heterocycles. The van der Waals surface area contributed by atoms with Crippen molar-refractivity contribution in [2.24, 2.45) is 5.73 Å². The molecule has 1 aromatic carbocycles. The van der Waals surface area contributed by atoms with Crippen molar-refractivity contribution < 1.29 is 4.79 Å². The molecule has 0 atom stereocenters. The molecule has 100 valence electrons. The molecule has 0 spiro atoms. The Labute approximate surface area is 118 Å². The summed E-state index contributed by atoms with van der Waals surface area (Å²) in [6.45, 7) is 0.303. The highest BCUT2D eigenvalue weighted by atomic mass is 16.2. The minimum absolute atomic E-state index is 0.158. The molecule has 2 rings (SSSR count). The Hall–Kier alpha value is -2.64. The van der Waals surface area contributed by atoms with Crippen molar-refractivity contribution in [3.05, 3.63) is 59.9 Å². The third-order valence-corrected chi connectivity index (χ3v) is 2.77. The van der Waals surface area contributed by atoms with Gasteiger partial charge in [-0.15, -0.1) is 0 Å². The molecule has 0 aliphatic rings. The van der Waals surface area contributed by atoms with Crippen LogP contribution in [0.4, 0.5) is 5.69 Å². The Morgan fingerprint density at radius 1 is 1.25 bits per heavy atom. The van der Waals surface area contributed by atoms with Crippen molar-refractivity contribution in [1.82, 2.24) is 4.98 Å². The predicted octanol–water partition coefficient (Wildman–Crippen LogP) is 1.67. The number of carbonyl (C=O) groups is 1. The third kappa shape index (κ3) is 3.22. The lowest BCUT2D eigenvalue weighted by Gasteiger charge is -2.16. The summed E-state index contributed by atoms with van der Waals surface area (Å²) in [6, 6.07) is 12.9. The molecular formula is C16H15N3O. The van der Waals surface area contributed by atoms with Crippen molar-refractivity contribution in [2.75, 3.05) is 18.5 Å². The number of anilines is 1. The maximum absolute atomic E-state index is 12.3. The fourth-order valence-electron chi connectivity index (χ4n) is 1.69. The molecule has 4 nitrogen and oxygen atoms in total. The molecule has 0 saturated carbocycles. The first-order valence-corrected chi connectivity index (χ1v) is 6.20. The minimum Gasteiger partial charge on any atom is -0.320 e. The maximum atomic E-state index is 12.3. The van der Waals surface area contributed by atoms with Crippen molar-refractivity contribution >= 4 is 11.6 Å². The second kappa shape index (κ2) is 6.50. The first-order valence-electron chi connectivity index (χ1n) is 6.20. The van der Waals surface area contributed by atoms with Gasteiger partial charge in [-0.3, -0.25) is 4.79 Å². The van der Waals surface area contributed by atoms with Gasteiger partial charge in [0, 0.05) is 24.5 Å². The van der Waals surface area contributed by atoms with Crippen molar-refractivity contribution in [1.29, 1.82) is 0 Å². The van der Waals surface area contributed by atoms with E-state index in [-0.39, 0.29) is 5.91 Å². The Balaban J connectivity index is 2.17. The van der Waals surface area contributed by atoms with Crippen LogP contribution < -0.4 is 10.6 Å². The Morgan fingerprint density at radius 2 is 2.00 bits per heavy atom. The topological polar surface area (TPSA) is 59.2 Å². The number of nitrogens with two attached hydrogens (primary N) is 1. The standard InChI is InChI=1S/C16H15N3O/c1-19(14-7-3-2-4-8-14)16(20)15-10-9-13(12-18-15)6-5-11-17/h2-4,7-10,12H,11,17H2,1H3. The van der Waals surface area contributed by atoms with Crippen molar-refractivity contribution in [3.8, 4) is 11.8 Å². The zero-order chi connectivity index (χ0) is 14.4. The Morgan fingerprint density at radius 3 is 2.60 bits per heavy atom.